The fourth-order valence-corrected chi connectivity index (χ4v) is 4.65. The summed E-state index contributed by atoms with van der Waals surface area (Å²) < 4.78 is 40.8. The number of benzene rings is 3. The molecule has 7 heteroatoms. The minimum atomic E-state index is -4.18. The van der Waals surface area contributed by atoms with Crippen molar-refractivity contribution in [3.63, 3.8) is 0 Å². The van der Waals surface area contributed by atoms with Gasteiger partial charge in [0.05, 0.1) is 10.5 Å². The summed E-state index contributed by atoms with van der Waals surface area (Å²) in [6, 6.07) is 18.1. The number of likely N-dealkylation sites (N-methyl/N-ethyl adjacent to an activating group) is 1. The van der Waals surface area contributed by atoms with Crippen LogP contribution in [0.5, 0.6) is 0 Å². The van der Waals surface area contributed by atoms with Gasteiger partial charge < -0.3 is 0 Å². The first-order valence-corrected chi connectivity index (χ1v) is 10.9. The molecule has 0 N–H and O–H groups in total. The van der Waals surface area contributed by atoms with Crippen LogP contribution in [0, 0.1) is 12.7 Å². The number of sulfonamides is 1. The molecule has 1 aliphatic carbocycles. The summed E-state index contributed by atoms with van der Waals surface area (Å²) in [7, 11) is -3.05. The van der Waals surface area contributed by atoms with Gasteiger partial charge in [-0.25, -0.2) is 17.1 Å². The normalized spacial score (nSPS) is 13.3. The average Bonchev–Trinajstić information content (AvgIpc) is 3.05. The molecule has 0 heterocycles. The number of rotatable bonds is 4. The predicted molar refractivity (Wildman–Crippen MR) is 115 cm³/mol. The van der Waals surface area contributed by atoms with E-state index < -0.39 is 27.5 Å². The number of allylic oxidation sites excluding steroid dienone is 1. The van der Waals surface area contributed by atoms with Gasteiger partial charge in [-0.1, -0.05) is 48.0 Å². The smallest absolute Gasteiger partial charge is 0.268 e. The molecular formula is C24H18FNO4S. The number of carbonyl (C=O) groups is 2. The number of aryl methyl sites for hydroxylation is 1. The molecule has 0 unspecified atom stereocenters. The summed E-state index contributed by atoms with van der Waals surface area (Å²) >= 11 is 0. The van der Waals surface area contributed by atoms with Gasteiger partial charge in [0.2, 0.25) is 0 Å². The summed E-state index contributed by atoms with van der Waals surface area (Å²) in [5, 5.41) is 0. The molecule has 0 fully saturated rings. The molecule has 1 amide bonds. The van der Waals surface area contributed by atoms with Crippen LogP contribution in [0.3, 0.4) is 0 Å². The topological polar surface area (TPSA) is 71.5 Å². The number of nitrogens with zero attached hydrogens (tertiary/aromatic N) is 1. The number of amides is 1. The molecule has 0 atom stereocenters. The molecule has 31 heavy (non-hydrogen) atoms. The van der Waals surface area contributed by atoms with Crippen LogP contribution in [0.4, 0.5) is 4.39 Å². The van der Waals surface area contributed by atoms with Crippen molar-refractivity contribution >= 4 is 32.9 Å². The molecule has 5 nitrogen and oxygen atoms in total. The quantitative estimate of drug-likeness (QED) is 0.619. The average molecular weight is 435 g/mol. The zero-order valence-electron chi connectivity index (χ0n) is 16.8. The predicted octanol–water partition coefficient (Wildman–Crippen LogP) is 4.09. The maximum Gasteiger partial charge on any atom is 0.268 e. The van der Waals surface area contributed by atoms with Gasteiger partial charge in [0, 0.05) is 23.7 Å². The second-order valence-corrected chi connectivity index (χ2v) is 9.20. The van der Waals surface area contributed by atoms with Crippen molar-refractivity contribution in [1.82, 2.24) is 4.31 Å². The third-order valence-corrected chi connectivity index (χ3v) is 6.97. The van der Waals surface area contributed by atoms with Gasteiger partial charge in [-0.2, -0.15) is 0 Å². The van der Waals surface area contributed by atoms with Crippen molar-refractivity contribution in [3.05, 3.63) is 101 Å². The lowest BCUT2D eigenvalue weighted by molar-refractivity contribution is -0.119. The third kappa shape index (κ3) is 3.47. The first-order chi connectivity index (χ1) is 14.7. The van der Waals surface area contributed by atoms with Gasteiger partial charge in [0.25, 0.3) is 15.9 Å². The number of ketones is 1. The molecule has 1 aliphatic rings. The van der Waals surface area contributed by atoms with Gasteiger partial charge in [0.1, 0.15) is 5.82 Å². The lowest BCUT2D eigenvalue weighted by Gasteiger charge is -2.19. The summed E-state index contributed by atoms with van der Waals surface area (Å²) in [5.74, 6) is -1.99. The molecule has 0 aromatic heterocycles. The minimum absolute atomic E-state index is 0.0529. The minimum Gasteiger partial charge on any atom is -0.289 e. The molecule has 0 saturated carbocycles. The molecule has 156 valence electrons. The molecular weight excluding hydrogens is 417 g/mol. The Kier molecular flexibility index (Phi) is 5.07. The van der Waals surface area contributed by atoms with E-state index in [-0.39, 0.29) is 27.2 Å². The Bertz CT molecular complexity index is 1340. The van der Waals surface area contributed by atoms with Crippen LogP contribution < -0.4 is 0 Å². The van der Waals surface area contributed by atoms with Crippen LogP contribution in [-0.4, -0.2) is 31.5 Å². The van der Waals surface area contributed by atoms with Gasteiger partial charge in [-0.3, -0.25) is 9.59 Å². The lowest BCUT2D eigenvalue weighted by atomic mass is 9.99. The van der Waals surface area contributed by atoms with Crippen molar-refractivity contribution < 1.29 is 22.4 Å². The van der Waals surface area contributed by atoms with Gasteiger partial charge >= 0.3 is 0 Å². The second-order valence-electron chi connectivity index (χ2n) is 7.23. The standard InChI is InChI=1S/C24H18FNO4S/c1-15-8-11-18(12-9-15)31(29,30)26(2)24(28)22-20-14-17(25)10-13-19(20)23(27)21(22)16-6-4-3-5-7-16/h3-14H,1-2H3. The number of hydrogen-bond acceptors (Lipinski definition) is 4. The van der Waals surface area contributed by atoms with E-state index in [1.165, 1.54) is 18.2 Å². The van der Waals surface area contributed by atoms with E-state index in [9.17, 15) is 22.4 Å². The number of hydrogen-bond donors (Lipinski definition) is 0. The van der Waals surface area contributed by atoms with Gasteiger partial charge in [-0.15, -0.1) is 0 Å². The highest BCUT2D eigenvalue weighted by molar-refractivity contribution is 7.89. The largest absolute Gasteiger partial charge is 0.289 e. The van der Waals surface area contributed by atoms with Crippen LogP contribution in [0.15, 0.2) is 77.7 Å². The zero-order valence-corrected chi connectivity index (χ0v) is 17.6. The number of fused-ring (bicyclic) bond motifs is 1. The molecule has 0 radical (unpaired) electrons. The van der Waals surface area contributed by atoms with E-state index in [2.05, 4.69) is 0 Å². The van der Waals surface area contributed by atoms with Crippen LogP contribution in [0.1, 0.15) is 27.0 Å². The second kappa shape index (κ2) is 7.59. The Morgan fingerprint density at radius 1 is 0.903 bits per heavy atom. The SMILES string of the molecule is Cc1ccc(S(=O)(=O)N(C)C(=O)C2=C(c3ccccc3)C(=O)c3ccc(F)cc32)cc1. The van der Waals surface area contributed by atoms with E-state index in [1.54, 1.807) is 42.5 Å². The third-order valence-electron chi connectivity index (χ3n) is 5.21. The van der Waals surface area contributed by atoms with Crippen molar-refractivity contribution in [3.8, 4) is 0 Å². The van der Waals surface area contributed by atoms with Crippen molar-refractivity contribution in [1.29, 1.82) is 0 Å². The van der Waals surface area contributed by atoms with E-state index in [4.69, 9.17) is 0 Å². The van der Waals surface area contributed by atoms with Crippen molar-refractivity contribution in [2.45, 2.75) is 11.8 Å². The van der Waals surface area contributed by atoms with Crippen LogP contribution >= 0.6 is 0 Å². The highest BCUT2D eigenvalue weighted by Crippen LogP contribution is 2.40. The number of halogens is 1. The summed E-state index contributed by atoms with van der Waals surface area (Å²) in [5.41, 5.74) is 1.48. The van der Waals surface area contributed by atoms with Crippen LogP contribution in [-0.2, 0) is 14.8 Å². The Morgan fingerprint density at radius 3 is 2.19 bits per heavy atom. The van der Waals surface area contributed by atoms with Crippen molar-refractivity contribution in [2.75, 3.05) is 7.05 Å². The molecule has 0 spiro atoms. The lowest BCUT2D eigenvalue weighted by Crippen LogP contribution is -2.34. The Hall–Kier alpha value is -3.58. The zero-order chi connectivity index (χ0) is 22.3. The van der Waals surface area contributed by atoms with E-state index >= 15 is 0 Å². The summed E-state index contributed by atoms with van der Waals surface area (Å²) in [4.78, 5) is 26.5. The number of carbonyl (C=O) groups excluding carboxylic acids is 2. The van der Waals surface area contributed by atoms with Gasteiger partial charge in [-0.05, 0) is 42.8 Å². The molecule has 0 aliphatic heterocycles. The first kappa shape index (κ1) is 20.7. The van der Waals surface area contributed by atoms with E-state index in [0.717, 1.165) is 24.7 Å². The van der Waals surface area contributed by atoms with E-state index in [0.29, 0.717) is 9.87 Å². The first-order valence-electron chi connectivity index (χ1n) is 9.46. The fraction of sp³-hybridized carbons (Fsp3) is 0.0833. The molecule has 0 saturated heterocycles. The molecule has 3 aromatic rings. The molecule has 0 bridgehead atoms. The van der Waals surface area contributed by atoms with Crippen LogP contribution in [0.25, 0.3) is 11.1 Å². The van der Waals surface area contributed by atoms with Gasteiger partial charge in [0.15, 0.2) is 5.78 Å². The highest BCUT2D eigenvalue weighted by atomic mass is 32.2. The van der Waals surface area contributed by atoms with Crippen molar-refractivity contribution in [2.24, 2.45) is 0 Å². The summed E-state index contributed by atoms with van der Waals surface area (Å²) in [6.07, 6.45) is 0. The highest BCUT2D eigenvalue weighted by Gasteiger charge is 2.38. The summed E-state index contributed by atoms with van der Waals surface area (Å²) in [6.45, 7) is 1.82. The fourth-order valence-electron chi connectivity index (χ4n) is 3.54. The Morgan fingerprint density at radius 2 is 1.55 bits per heavy atom. The van der Waals surface area contributed by atoms with Crippen LogP contribution in [0.2, 0.25) is 0 Å². The maximum atomic E-state index is 14.0. The monoisotopic (exact) mass is 435 g/mol. The maximum absolute atomic E-state index is 14.0. The molecule has 4 rings (SSSR count). The Labute approximate surface area is 179 Å². The van der Waals surface area contributed by atoms with E-state index in [1.807, 2.05) is 6.92 Å². The number of Topliss-reactive ketones (excluding diaryl/α,β-unsaturated/α-hetero) is 1. The Balaban J connectivity index is 1.89. The molecule has 3 aromatic carbocycles.